The van der Waals surface area contributed by atoms with Crippen molar-refractivity contribution >= 4 is 17.5 Å². The molecule has 1 aromatic carbocycles. The molecular formula is C22H30ClNO3. The molecule has 4 nitrogen and oxygen atoms in total. The Balaban J connectivity index is 1.93. The second-order valence-corrected chi connectivity index (χ2v) is 7.57. The predicted molar refractivity (Wildman–Crippen MR) is 110 cm³/mol. The number of amides is 1. The minimum Gasteiger partial charge on any atom is -0.485 e. The largest absolute Gasteiger partial charge is 0.485 e. The Labute approximate surface area is 167 Å². The fraction of sp³-hybridized carbons (Fsp3) is 0.500. The number of ether oxygens (including phenoxy) is 1. The molecule has 5 heteroatoms. The highest BCUT2D eigenvalue weighted by Crippen LogP contribution is 2.32. The number of halogens is 1. The number of unbranched alkanes of at least 4 members (excludes halogenated alkanes) is 3. The summed E-state index contributed by atoms with van der Waals surface area (Å²) in [5, 5.41) is 3.63. The molecule has 0 aliphatic rings. The molecule has 2 rings (SSSR count). The summed E-state index contributed by atoms with van der Waals surface area (Å²) in [7, 11) is 0. The van der Waals surface area contributed by atoms with Gasteiger partial charge in [0.15, 0.2) is 5.76 Å². The molecular weight excluding hydrogens is 362 g/mol. The van der Waals surface area contributed by atoms with E-state index in [9.17, 15) is 4.79 Å². The summed E-state index contributed by atoms with van der Waals surface area (Å²) in [5.74, 6) is 1.85. The molecule has 0 atom stereocenters. The van der Waals surface area contributed by atoms with E-state index in [1.165, 1.54) is 12.8 Å². The third-order valence-corrected chi connectivity index (χ3v) is 4.89. The van der Waals surface area contributed by atoms with Crippen molar-refractivity contribution in [2.24, 2.45) is 0 Å². The number of carbonyl (C=O) groups is 1. The van der Waals surface area contributed by atoms with E-state index in [2.05, 4.69) is 26.1 Å². The van der Waals surface area contributed by atoms with Crippen LogP contribution in [0, 0.1) is 6.92 Å². The number of furan rings is 1. The number of nitrogens with one attached hydrogen (secondary N) is 1. The van der Waals surface area contributed by atoms with Crippen LogP contribution in [0.5, 0.6) is 5.75 Å². The smallest absolute Gasteiger partial charge is 0.286 e. The zero-order valence-electron chi connectivity index (χ0n) is 16.7. The van der Waals surface area contributed by atoms with Crippen LogP contribution in [0.4, 0.5) is 0 Å². The standard InChI is InChI=1S/C22H30ClNO3/c1-5-6-7-8-11-24-22(25)20-10-9-17(27-20)14-26-21-12-16(4)19(23)13-18(21)15(2)3/h9-10,12-13,15H,5-8,11,14H2,1-4H3,(H,24,25). The summed E-state index contributed by atoms with van der Waals surface area (Å²) in [6, 6.07) is 7.38. The van der Waals surface area contributed by atoms with Crippen molar-refractivity contribution in [2.45, 2.75) is 65.9 Å². The molecule has 0 aliphatic heterocycles. The molecule has 27 heavy (non-hydrogen) atoms. The molecule has 0 unspecified atom stereocenters. The lowest BCUT2D eigenvalue weighted by Crippen LogP contribution is -2.23. The summed E-state index contributed by atoms with van der Waals surface area (Å²) >= 11 is 6.24. The van der Waals surface area contributed by atoms with Crippen LogP contribution >= 0.6 is 11.6 Å². The van der Waals surface area contributed by atoms with Gasteiger partial charge in [0.25, 0.3) is 5.91 Å². The van der Waals surface area contributed by atoms with Gasteiger partial charge in [-0.05, 0) is 54.7 Å². The lowest BCUT2D eigenvalue weighted by atomic mass is 10.0. The number of benzene rings is 1. The maximum absolute atomic E-state index is 12.1. The van der Waals surface area contributed by atoms with Crippen molar-refractivity contribution in [3.63, 3.8) is 0 Å². The van der Waals surface area contributed by atoms with Gasteiger partial charge in [-0.25, -0.2) is 0 Å². The second kappa shape index (κ2) is 10.4. The maximum Gasteiger partial charge on any atom is 0.286 e. The van der Waals surface area contributed by atoms with E-state index in [0.29, 0.717) is 24.0 Å². The van der Waals surface area contributed by atoms with Gasteiger partial charge >= 0.3 is 0 Å². The van der Waals surface area contributed by atoms with E-state index in [4.69, 9.17) is 20.8 Å². The molecule has 0 saturated heterocycles. The van der Waals surface area contributed by atoms with Crippen molar-refractivity contribution in [1.82, 2.24) is 5.32 Å². The predicted octanol–water partition coefficient (Wildman–Crippen LogP) is 6.25. The normalized spacial score (nSPS) is 11.0. The van der Waals surface area contributed by atoms with Gasteiger partial charge in [-0.1, -0.05) is 51.6 Å². The third kappa shape index (κ3) is 6.31. The number of rotatable bonds is 10. The lowest BCUT2D eigenvalue weighted by Gasteiger charge is -2.15. The summed E-state index contributed by atoms with van der Waals surface area (Å²) in [6.07, 6.45) is 4.50. The Morgan fingerprint density at radius 1 is 1.22 bits per heavy atom. The van der Waals surface area contributed by atoms with E-state index in [1.807, 2.05) is 19.1 Å². The Morgan fingerprint density at radius 3 is 2.70 bits per heavy atom. The van der Waals surface area contributed by atoms with Gasteiger partial charge in [0, 0.05) is 11.6 Å². The Morgan fingerprint density at radius 2 is 2.00 bits per heavy atom. The molecule has 0 fully saturated rings. The lowest BCUT2D eigenvalue weighted by molar-refractivity contribution is 0.0921. The Hall–Kier alpha value is -1.94. The van der Waals surface area contributed by atoms with Gasteiger partial charge in [0.05, 0.1) is 0 Å². The van der Waals surface area contributed by atoms with Crippen LogP contribution in [0.25, 0.3) is 0 Å². The van der Waals surface area contributed by atoms with E-state index >= 15 is 0 Å². The molecule has 0 aliphatic carbocycles. The average molecular weight is 392 g/mol. The molecule has 1 heterocycles. The molecule has 0 radical (unpaired) electrons. The molecule has 1 aromatic heterocycles. The molecule has 0 bridgehead atoms. The number of hydrogen-bond donors (Lipinski definition) is 1. The van der Waals surface area contributed by atoms with Crippen LogP contribution in [-0.2, 0) is 6.61 Å². The van der Waals surface area contributed by atoms with E-state index in [0.717, 1.165) is 34.7 Å². The average Bonchev–Trinajstić information content (AvgIpc) is 3.11. The fourth-order valence-corrected chi connectivity index (χ4v) is 2.99. The first-order chi connectivity index (χ1) is 12.9. The van der Waals surface area contributed by atoms with Crippen LogP contribution in [-0.4, -0.2) is 12.5 Å². The third-order valence-electron chi connectivity index (χ3n) is 4.48. The van der Waals surface area contributed by atoms with E-state index in [-0.39, 0.29) is 12.5 Å². The van der Waals surface area contributed by atoms with Gasteiger partial charge in [-0.15, -0.1) is 0 Å². The van der Waals surface area contributed by atoms with Crippen LogP contribution in [0.1, 0.15) is 79.8 Å². The fourth-order valence-electron chi connectivity index (χ4n) is 2.81. The van der Waals surface area contributed by atoms with Crippen molar-refractivity contribution in [1.29, 1.82) is 0 Å². The Kier molecular flexibility index (Phi) is 8.23. The van der Waals surface area contributed by atoms with E-state index in [1.54, 1.807) is 12.1 Å². The molecule has 1 amide bonds. The van der Waals surface area contributed by atoms with Crippen molar-refractivity contribution in [3.8, 4) is 5.75 Å². The molecule has 1 N–H and O–H groups in total. The maximum atomic E-state index is 12.1. The first-order valence-electron chi connectivity index (χ1n) is 9.72. The first-order valence-corrected chi connectivity index (χ1v) is 10.1. The molecule has 0 spiro atoms. The van der Waals surface area contributed by atoms with Gasteiger partial charge in [0.2, 0.25) is 0 Å². The molecule has 148 valence electrons. The Bertz CT molecular complexity index is 752. The van der Waals surface area contributed by atoms with Crippen molar-refractivity contribution in [3.05, 3.63) is 51.9 Å². The summed E-state index contributed by atoms with van der Waals surface area (Å²) < 4.78 is 11.6. The minimum absolute atomic E-state index is 0.178. The van der Waals surface area contributed by atoms with Crippen molar-refractivity contribution < 1.29 is 13.9 Å². The van der Waals surface area contributed by atoms with Crippen LogP contribution in [0.3, 0.4) is 0 Å². The van der Waals surface area contributed by atoms with Crippen LogP contribution in [0.2, 0.25) is 5.02 Å². The van der Waals surface area contributed by atoms with E-state index < -0.39 is 0 Å². The van der Waals surface area contributed by atoms with Gasteiger partial charge in [0.1, 0.15) is 18.1 Å². The number of aryl methyl sites for hydroxylation is 1. The highest BCUT2D eigenvalue weighted by molar-refractivity contribution is 6.31. The highest BCUT2D eigenvalue weighted by atomic mass is 35.5. The van der Waals surface area contributed by atoms with Crippen molar-refractivity contribution in [2.75, 3.05) is 6.54 Å². The SMILES string of the molecule is CCCCCCNC(=O)c1ccc(COc2cc(C)c(Cl)cc2C(C)C)o1. The van der Waals surface area contributed by atoms with Gasteiger partial charge in [-0.3, -0.25) is 4.79 Å². The summed E-state index contributed by atoms with van der Waals surface area (Å²) in [6.45, 7) is 9.26. The summed E-state index contributed by atoms with van der Waals surface area (Å²) in [5.41, 5.74) is 2.03. The molecule has 0 saturated carbocycles. The zero-order valence-corrected chi connectivity index (χ0v) is 17.5. The van der Waals surface area contributed by atoms with Gasteiger partial charge in [-0.2, -0.15) is 0 Å². The highest BCUT2D eigenvalue weighted by Gasteiger charge is 2.14. The molecule has 2 aromatic rings. The number of carbonyl (C=O) groups excluding carboxylic acids is 1. The second-order valence-electron chi connectivity index (χ2n) is 7.17. The number of hydrogen-bond acceptors (Lipinski definition) is 3. The zero-order chi connectivity index (χ0) is 19.8. The monoisotopic (exact) mass is 391 g/mol. The quantitative estimate of drug-likeness (QED) is 0.486. The van der Waals surface area contributed by atoms with Crippen LogP contribution in [0.15, 0.2) is 28.7 Å². The first kappa shape index (κ1) is 21.4. The minimum atomic E-state index is -0.178. The van der Waals surface area contributed by atoms with Crippen LogP contribution < -0.4 is 10.1 Å². The topological polar surface area (TPSA) is 51.5 Å². The van der Waals surface area contributed by atoms with Gasteiger partial charge < -0.3 is 14.5 Å². The summed E-state index contributed by atoms with van der Waals surface area (Å²) in [4.78, 5) is 12.1.